The number of likely N-dealkylation sites (N-methyl/N-ethyl adjacent to an activating group) is 1. The second kappa shape index (κ2) is 9.90. The molecule has 1 heterocycles. The van der Waals surface area contributed by atoms with E-state index in [1.807, 2.05) is 17.0 Å². The van der Waals surface area contributed by atoms with E-state index < -0.39 is 0 Å². The van der Waals surface area contributed by atoms with Crippen LogP contribution in [0.2, 0.25) is 5.02 Å². The van der Waals surface area contributed by atoms with E-state index >= 15 is 0 Å². The van der Waals surface area contributed by atoms with E-state index in [1.54, 1.807) is 7.11 Å². The Bertz CT molecular complexity index is 800. The highest BCUT2D eigenvalue weighted by molar-refractivity contribution is 7.23. The number of amides is 1. The van der Waals surface area contributed by atoms with Crippen LogP contribution in [0.4, 0.5) is 5.13 Å². The minimum absolute atomic E-state index is 0.106. The summed E-state index contributed by atoms with van der Waals surface area (Å²) >= 11 is 7.89. The molecule has 1 aliphatic rings. The first-order chi connectivity index (χ1) is 13.6. The lowest BCUT2D eigenvalue weighted by Gasteiger charge is -2.29. The molecule has 0 bridgehead atoms. The van der Waals surface area contributed by atoms with Gasteiger partial charge in [0, 0.05) is 19.0 Å². The predicted octanol–water partition coefficient (Wildman–Crippen LogP) is 5.21. The van der Waals surface area contributed by atoms with E-state index in [0.29, 0.717) is 17.3 Å². The summed E-state index contributed by atoms with van der Waals surface area (Å²) < 4.78 is 6.33. The fourth-order valence-corrected chi connectivity index (χ4v) is 5.16. The van der Waals surface area contributed by atoms with Crippen molar-refractivity contribution in [3.05, 3.63) is 17.2 Å². The van der Waals surface area contributed by atoms with Crippen LogP contribution in [0, 0.1) is 5.92 Å². The molecule has 0 unspecified atom stereocenters. The number of anilines is 1. The van der Waals surface area contributed by atoms with Crippen LogP contribution in [-0.4, -0.2) is 49.1 Å². The van der Waals surface area contributed by atoms with Gasteiger partial charge >= 0.3 is 0 Å². The van der Waals surface area contributed by atoms with Crippen LogP contribution in [0.1, 0.15) is 46.0 Å². The Morgan fingerprint density at radius 3 is 2.57 bits per heavy atom. The zero-order valence-corrected chi connectivity index (χ0v) is 18.6. The maximum atomic E-state index is 13.4. The molecule has 7 heteroatoms. The topological polar surface area (TPSA) is 45.7 Å². The van der Waals surface area contributed by atoms with Crippen molar-refractivity contribution < 1.29 is 9.53 Å². The molecule has 0 spiro atoms. The summed E-state index contributed by atoms with van der Waals surface area (Å²) in [6, 6.07) is 3.66. The van der Waals surface area contributed by atoms with Crippen LogP contribution in [0.5, 0.6) is 5.75 Å². The van der Waals surface area contributed by atoms with Crippen LogP contribution >= 0.6 is 22.9 Å². The number of rotatable bonds is 8. The van der Waals surface area contributed by atoms with E-state index in [-0.39, 0.29) is 11.8 Å². The molecular formula is C21H30ClN3O2S. The normalized spacial score (nSPS) is 15.3. The van der Waals surface area contributed by atoms with Crippen LogP contribution in [0.25, 0.3) is 10.2 Å². The molecule has 154 valence electrons. The molecule has 1 aliphatic carbocycles. The first-order valence-electron chi connectivity index (χ1n) is 10.3. The number of nitrogens with zero attached hydrogens (tertiary/aromatic N) is 3. The molecular weight excluding hydrogens is 394 g/mol. The largest absolute Gasteiger partial charge is 0.494 e. The molecule has 1 amide bonds. The Kier molecular flexibility index (Phi) is 7.55. The highest BCUT2D eigenvalue weighted by atomic mass is 35.5. The Morgan fingerprint density at radius 2 is 1.93 bits per heavy atom. The minimum Gasteiger partial charge on any atom is -0.494 e. The maximum absolute atomic E-state index is 13.4. The van der Waals surface area contributed by atoms with Crippen LogP contribution in [-0.2, 0) is 4.79 Å². The van der Waals surface area contributed by atoms with Gasteiger partial charge in [0.2, 0.25) is 5.91 Å². The Morgan fingerprint density at radius 1 is 1.21 bits per heavy atom. The molecule has 5 nitrogen and oxygen atoms in total. The monoisotopic (exact) mass is 423 g/mol. The number of carbonyl (C=O) groups excluding carboxylic acids is 1. The highest BCUT2D eigenvalue weighted by Crippen LogP contribution is 2.39. The number of ether oxygens (including phenoxy) is 1. The lowest BCUT2D eigenvalue weighted by atomic mass is 9.88. The van der Waals surface area contributed by atoms with Crippen molar-refractivity contribution >= 4 is 44.2 Å². The van der Waals surface area contributed by atoms with Gasteiger partial charge in [0.25, 0.3) is 0 Å². The summed E-state index contributed by atoms with van der Waals surface area (Å²) in [7, 11) is 1.63. The van der Waals surface area contributed by atoms with Crippen molar-refractivity contribution in [1.82, 2.24) is 9.88 Å². The molecule has 2 aromatic rings. The van der Waals surface area contributed by atoms with Gasteiger partial charge in [-0.3, -0.25) is 9.69 Å². The van der Waals surface area contributed by atoms with Crippen LogP contribution < -0.4 is 9.64 Å². The molecule has 1 saturated carbocycles. The fraction of sp³-hybridized carbons (Fsp3) is 0.619. The number of aromatic nitrogens is 1. The quantitative estimate of drug-likeness (QED) is 0.584. The van der Waals surface area contributed by atoms with Crippen molar-refractivity contribution in [3.8, 4) is 5.75 Å². The minimum atomic E-state index is 0.106. The van der Waals surface area contributed by atoms with Crippen molar-refractivity contribution in [1.29, 1.82) is 0 Å². The first-order valence-corrected chi connectivity index (χ1v) is 11.4. The summed E-state index contributed by atoms with van der Waals surface area (Å²) in [5.74, 6) is 1.01. The van der Waals surface area contributed by atoms with Gasteiger partial charge < -0.3 is 9.64 Å². The molecule has 0 N–H and O–H groups in total. The lowest BCUT2D eigenvalue weighted by molar-refractivity contribution is -0.123. The maximum Gasteiger partial charge on any atom is 0.231 e. The Labute approximate surface area is 176 Å². The number of halogens is 1. The van der Waals surface area contributed by atoms with E-state index in [1.165, 1.54) is 17.8 Å². The summed E-state index contributed by atoms with van der Waals surface area (Å²) in [5.41, 5.74) is 0.735. The molecule has 0 aliphatic heterocycles. The smallest absolute Gasteiger partial charge is 0.231 e. The number of methoxy groups -OCH3 is 1. The van der Waals surface area contributed by atoms with Crippen molar-refractivity contribution in [2.75, 3.05) is 38.2 Å². The standard InChI is InChI=1S/C21H30ClN3O2S/c1-4-24(5-2)13-14-25(20(26)15-9-7-6-8-10-15)21-23-18-17(27-3)12-11-16(22)19(18)28-21/h11-12,15H,4-10,13-14H2,1-3H3. The van der Waals surface area contributed by atoms with Crippen LogP contribution in [0.3, 0.4) is 0 Å². The highest BCUT2D eigenvalue weighted by Gasteiger charge is 2.29. The van der Waals surface area contributed by atoms with Gasteiger partial charge in [0.15, 0.2) is 5.13 Å². The average molecular weight is 424 g/mol. The number of hydrogen-bond acceptors (Lipinski definition) is 5. The summed E-state index contributed by atoms with van der Waals surface area (Å²) in [4.78, 5) is 22.4. The third-order valence-corrected chi connectivity index (χ3v) is 7.19. The van der Waals surface area contributed by atoms with Crippen molar-refractivity contribution in [2.45, 2.75) is 46.0 Å². The third kappa shape index (κ3) is 4.61. The fourth-order valence-electron chi connectivity index (χ4n) is 3.87. The van der Waals surface area contributed by atoms with Gasteiger partial charge in [-0.05, 0) is 38.1 Å². The van der Waals surface area contributed by atoms with Gasteiger partial charge in [-0.25, -0.2) is 4.98 Å². The zero-order chi connectivity index (χ0) is 20.1. The van der Waals surface area contributed by atoms with Crippen molar-refractivity contribution in [2.24, 2.45) is 5.92 Å². The van der Waals surface area contributed by atoms with Crippen LogP contribution in [0.15, 0.2) is 12.1 Å². The van der Waals surface area contributed by atoms with E-state index in [0.717, 1.165) is 60.7 Å². The molecule has 3 rings (SSSR count). The number of fused-ring (bicyclic) bond motifs is 1. The molecule has 1 fully saturated rings. The SMILES string of the molecule is CCN(CC)CCN(C(=O)C1CCCCC1)c1nc2c(OC)ccc(Cl)c2s1. The lowest BCUT2D eigenvalue weighted by Crippen LogP contribution is -2.42. The van der Waals surface area contributed by atoms with Gasteiger partial charge in [0.05, 0.1) is 16.8 Å². The third-order valence-electron chi connectivity index (χ3n) is 5.65. The summed E-state index contributed by atoms with van der Waals surface area (Å²) in [6.07, 6.45) is 5.47. The molecule has 28 heavy (non-hydrogen) atoms. The number of benzene rings is 1. The number of thiazole rings is 1. The predicted molar refractivity (Wildman–Crippen MR) is 118 cm³/mol. The van der Waals surface area contributed by atoms with Gasteiger partial charge in [-0.2, -0.15) is 0 Å². The van der Waals surface area contributed by atoms with Crippen molar-refractivity contribution in [3.63, 3.8) is 0 Å². The molecule has 0 atom stereocenters. The van der Waals surface area contributed by atoms with Gasteiger partial charge in [-0.15, -0.1) is 0 Å². The molecule has 0 radical (unpaired) electrons. The Hall–Kier alpha value is -1.37. The average Bonchev–Trinajstić information content (AvgIpc) is 3.18. The number of carbonyl (C=O) groups is 1. The summed E-state index contributed by atoms with van der Waals surface area (Å²) in [6.45, 7) is 7.74. The van der Waals surface area contributed by atoms with E-state index in [2.05, 4.69) is 18.7 Å². The molecule has 1 aromatic heterocycles. The van der Waals surface area contributed by atoms with Gasteiger partial charge in [0.1, 0.15) is 11.3 Å². The summed E-state index contributed by atoms with van der Waals surface area (Å²) in [5, 5.41) is 1.37. The Balaban J connectivity index is 1.94. The second-order valence-corrected chi connectivity index (χ2v) is 8.66. The molecule has 1 aromatic carbocycles. The first kappa shape index (κ1) is 21.3. The zero-order valence-electron chi connectivity index (χ0n) is 17.0. The second-order valence-electron chi connectivity index (χ2n) is 7.28. The van der Waals surface area contributed by atoms with E-state index in [4.69, 9.17) is 21.3 Å². The van der Waals surface area contributed by atoms with E-state index in [9.17, 15) is 4.79 Å². The number of hydrogen-bond donors (Lipinski definition) is 0. The molecule has 0 saturated heterocycles. The van der Waals surface area contributed by atoms with Gasteiger partial charge in [-0.1, -0.05) is 56.0 Å².